The van der Waals surface area contributed by atoms with Crippen LogP contribution in [-0.2, 0) is 7.05 Å². The minimum absolute atomic E-state index is 0.183. The van der Waals surface area contributed by atoms with Crippen LogP contribution in [0.1, 0.15) is 16.6 Å². The summed E-state index contributed by atoms with van der Waals surface area (Å²) in [5.74, 6) is 0. The molecule has 0 spiro atoms. The van der Waals surface area contributed by atoms with Crippen molar-refractivity contribution in [3.63, 3.8) is 0 Å². The minimum Gasteiger partial charge on any atom is -0.307 e. The molecule has 1 unspecified atom stereocenters. The fourth-order valence-electron chi connectivity index (χ4n) is 1.50. The van der Waals surface area contributed by atoms with Gasteiger partial charge in [-0.2, -0.15) is 5.10 Å². The first-order chi connectivity index (χ1) is 7.20. The molecular weight excluding hydrogens is 274 g/mol. The van der Waals surface area contributed by atoms with E-state index < -0.39 is 0 Å². The summed E-state index contributed by atoms with van der Waals surface area (Å²) >= 11 is 5.19. The first-order valence-corrected chi connectivity index (χ1v) is 6.28. The highest BCUT2D eigenvalue weighted by atomic mass is 79.9. The van der Waals surface area contributed by atoms with E-state index in [-0.39, 0.29) is 6.04 Å². The van der Waals surface area contributed by atoms with Crippen LogP contribution >= 0.6 is 27.3 Å². The van der Waals surface area contributed by atoms with Crippen LogP contribution in [0.3, 0.4) is 0 Å². The standard InChI is InChI=1S/C10H12BrN3S/c1-12-10(8-3-4-14(2)13-8)9-5-7(11)6-15-9/h3-6,10,12H,1-2H3. The van der Waals surface area contributed by atoms with E-state index in [1.165, 1.54) is 4.88 Å². The Kier molecular flexibility index (Phi) is 3.23. The van der Waals surface area contributed by atoms with Gasteiger partial charge in [0, 0.05) is 28.0 Å². The predicted octanol–water partition coefficient (Wildman–Crippen LogP) is 2.55. The van der Waals surface area contributed by atoms with Gasteiger partial charge in [0.1, 0.15) is 0 Å². The fourth-order valence-corrected chi connectivity index (χ4v) is 3.07. The topological polar surface area (TPSA) is 29.9 Å². The van der Waals surface area contributed by atoms with Crippen molar-refractivity contribution in [2.45, 2.75) is 6.04 Å². The molecule has 0 radical (unpaired) electrons. The first-order valence-electron chi connectivity index (χ1n) is 4.61. The lowest BCUT2D eigenvalue weighted by Crippen LogP contribution is -2.17. The second kappa shape index (κ2) is 4.47. The Morgan fingerprint density at radius 1 is 1.60 bits per heavy atom. The molecule has 0 bridgehead atoms. The van der Waals surface area contributed by atoms with Gasteiger partial charge in [0.15, 0.2) is 0 Å². The molecule has 0 fully saturated rings. The van der Waals surface area contributed by atoms with Crippen LogP contribution in [0.5, 0.6) is 0 Å². The van der Waals surface area contributed by atoms with E-state index in [9.17, 15) is 0 Å². The zero-order valence-electron chi connectivity index (χ0n) is 8.57. The molecule has 0 saturated heterocycles. The van der Waals surface area contributed by atoms with Crippen molar-refractivity contribution in [3.05, 3.63) is 38.8 Å². The molecule has 0 aliphatic carbocycles. The zero-order chi connectivity index (χ0) is 10.8. The molecule has 0 aliphatic rings. The monoisotopic (exact) mass is 285 g/mol. The molecule has 0 amide bonds. The Hall–Kier alpha value is -0.650. The van der Waals surface area contributed by atoms with Crippen LogP contribution in [0, 0.1) is 0 Å². The number of aryl methyl sites for hydroxylation is 1. The summed E-state index contributed by atoms with van der Waals surface area (Å²) in [6.45, 7) is 0. The molecule has 2 heterocycles. The molecule has 0 aromatic carbocycles. The van der Waals surface area contributed by atoms with Crippen molar-refractivity contribution < 1.29 is 0 Å². The molecule has 1 N–H and O–H groups in total. The highest BCUT2D eigenvalue weighted by molar-refractivity contribution is 9.10. The van der Waals surface area contributed by atoms with E-state index >= 15 is 0 Å². The van der Waals surface area contributed by atoms with Crippen LogP contribution in [0.2, 0.25) is 0 Å². The maximum Gasteiger partial charge on any atom is 0.0861 e. The second-order valence-electron chi connectivity index (χ2n) is 3.30. The molecular formula is C10H12BrN3S. The Balaban J connectivity index is 2.32. The lowest BCUT2D eigenvalue weighted by molar-refractivity contribution is 0.650. The van der Waals surface area contributed by atoms with Gasteiger partial charge >= 0.3 is 0 Å². The van der Waals surface area contributed by atoms with Gasteiger partial charge in [0.25, 0.3) is 0 Å². The van der Waals surface area contributed by atoms with Gasteiger partial charge < -0.3 is 5.32 Å². The minimum atomic E-state index is 0.183. The van der Waals surface area contributed by atoms with E-state index in [4.69, 9.17) is 0 Å². The normalized spacial score (nSPS) is 13.0. The van der Waals surface area contributed by atoms with E-state index in [1.807, 2.05) is 31.0 Å². The average molecular weight is 286 g/mol. The first kappa shape index (κ1) is 10.9. The van der Waals surface area contributed by atoms with Crippen LogP contribution in [0.25, 0.3) is 0 Å². The molecule has 0 aliphatic heterocycles. The number of nitrogens with one attached hydrogen (secondary N) is 1. The lowest BCUT2D eigenvalue weighted by atomic mass is 10.2. The van der Waals surface area contributed by atoms with Crippen LogP contribution in [0.15, 0.2) is 28.2 Å². The molecule has 5 heteroatoms. The SMILES string of the molecule is CNC(c1ccn(C)n1)c1cc(Br)cs1. The molecule has 0 saturated carbocycles. The van der Waals surface area contributed by atoms with Gasteiger partial charge in [-0.25, -0.2) is 0 Å². The van der Waals surface area contributed by atoms with Gasteiger partial charge in [-0.3, -0.25) is 4.68 Å². The van der Waals surface area contributed by atoms with Gasteiger partial charge in [0.2, 0.25) is 0 Å². The van der Waals surface area contributed by atoms with Crippen molar-refractivity contribution >= 4 is 27.3 Å². The summed E-state index contributed by atoms with van der Waals surface area (Å²) in [5, 5.41) is 9.77. The summed E-state index contributed by atoms with van der Waals surface area (Å²) < 4.78 is 2.95. The molecule has 80 valence electrons. The Morgan fingerprint density at radius 2 is 2.40 bits per heavy atom. The van der Waals surface area contributed by atoms with Crippen molar-refractivity contribution in [1.82, 2.24) is 15.1 Å². The fraction of sp³-hybridized carbons (Fsp3) is 0.300. The number of hydrogen-bond acceptors (Lipinski definition) is 3. The van der Waals surface area contributed by atoms with Crippen molar-refractivity contribution in [3.8, 4) is 0 Å². The van der Waals surface area contributed by atoms with E-state index in [0.717, 1.165) is 10.2 Å². The van der Waals surface area contributed by atoms with Crippen LogP contribution < -0.4 is 5.32 Å². The number of nitrogens with zero attached hydrogens (tertiary/aromatic N) is 2. The van der Waals surface area contributed by atoms with E-state index in [2.05, 4.69) is 37.8 Å². The molecule has 2 aromatic heterocycles. The Morgan fingerprint density at radius 3 is 2.87 bits per heavy atom. The summed E-state index contributed by atoms with van der Waals surface area (Å²) in [7, 11) is 3.88. The molecule has 2 aromatic rings. The summed E-state index contributed by atoms with van der Waals surface area (Å²) in [5.41, 5.74) is 1.05. The summed E-state index contributed by atoms with van der Waals surface area (Å²) in [6, 6.07) is 4.34. The predicted molar refractivity (Wildman–Crippen MR) is 66.1 cm³/mol. The van der Waals surface area contributed by atoms with Gasteiger partial charge in [0.05, 0.1) is 11.7 Å². The van der Waals surface area contributed by atoms with Crippen molar-refractivity contribution in [2.75, 3.05) is 7.05 Å². The van der Waals surface area contributed by atoms with Crippen molar-refractivity contribution in [1.29, 1.82) is 0 Å². The Bertz CT molecular complexity index is 409. The zero-order valence-corrected chi connectivity index (χ0v) is 11.0. The smallest absolute Gasteiger partial charge is 0.0861 e. The summed E-state index contributed by atoms with van der Waals surface area (Å²) in [4.78, 5) is 1.27. The van der Waals surface area contributed by atoms with Crippen molar-refractivity contribution in [2.24, 2.45) is 7.05 Å². The highest BCUT2D eigenvalue weighted by Crippen LogP contribution is 2.28. The third kappa shape index (κ3) is 2.30. The van der Waals surface area contributed by atoms with E-state index in [1.54, 1.807) is 11.3 Å². The average Bonchev–Trinajstić information content (AvgIpc) is 2.78. The number of rotatable bonds is 3. The van der Waals surface area contributed by atoms with Gasteiger partial charge in [-0.1, -0.05) is 0 Å². The number of aromatic nitrogens is 2. The number of thiophene rings is 1. The number of hydrogen-bond donors (Lipinski definition) is 1. The lowest BCUT2D eigenvalue weighted by Gasteiger charge is -2.11. The maximum atomic E-state index is 4.41. The quantitative estimate of drug-likeness (QED) is 0.939. The second-order valence-corrected chi connectivity index (χ2v) is 5.16. The van der Waals surface area contributed by atoms with Gasteiger partial charge in [-0.05, 0) is 35.1 Å². The molecule has 1 atom stereocenters. The van der Waals surface area contributed by atoms with E-state index in [0.29, 0.717) is 0 Å². The van der Waals surface area contributed by atoms with Crippen LogP contribution in [-0.4, -0.2) is 16.8 Å². The van der Waals surface area contributed by atoms with Gasteiger partial charge in [-0.15, -0.1) is 11.3 Å². The molecule has 3 nitrogen and oxygen atoms in total. The molecule has 2 rings (SSSR count). The summed E-state index contributed by atoms with van der Waals surface area (Å²) in [6.07, 6.45) is 1.96. The third-order valence-corrected chi connectivity index (χ3v) is 3.95. The van der Waals surface area contributed by atoms with Crippen LogP contribution in [0.4, 0.5) is 0 Å². The third-order valence-electron chi connectivity index (χ3n) is 2.19. The Labute approximate surface area is 101 Å². The number of halogens is 1. The maximum absolute atomic E-state index is 4.41. The highest BCUT2D eigenvalue weighted by Gasteiger charge is 2.16. The largest absolute Gasteiger partial charge is 0.307 e. The molecule has 15 heavy (non-hydrogen) atoms.